The maximum Gasteiger partial charge on any atom is 0.416 e. The van der Waals surface area contributed by atoms with Gasteiger partial charge in [0.2, 0.25) is 0 Å². The van der Waals surface area contributed by atoms with E-state index in [1.54, 1.807) is 13.0 Å². The number of piperidine rings is 1. The predicted octanol–water partition coefficient (Wildman–Crippen LogP) is 3.68. The molecule has 2 aromatic rings. The summed E-state index contributed by atoms with van der Waals surface area (Å²) >= 11 is 0. The van der Waals surface area contributed by atoms with Crippen LogP contribution >= 0.6 is 0 Å². The van der Waals surface area contributed by atoms with Crippen LogP contribution in [0, 0.1) is 6.92 Å². The number of nitrogens with zero attached hydrogens (tertiary/aromatic N) is 3. The minimum atomic E-state index is -4.50. The van der Waals surface area contributed by atoms with E-state index in [1.165, 1.54) is 6.07 Å². The Kier molecular flexibility index (Phi) is 5.04. The van der Waals surface area contributed by atoms with Crippen LogP contribution in [0.15, 0.2) is 24.3 Å². The minimum Gasteiger partial charge on any atom is -0.507 e. The number of phenolic OH excluding ortho intramolecular Hbond substituents is 1. The van der Waals surface area contributed by atoms with Gasteiger partial charge in [0, 0.05) is 18.2 Å². The third-order valence-electron chi connectivity index (χ3n) is 4.54. The Morgan fingerprint density at radius 2 is 2.00 bits per heavy atom. The van der Waals surface area contributed by atoms with E-state index in [0.717, 1.165) is 37.6 Å². The molecule has 0 saturated carbocycles. The van der Waals surface area contributed by atoms with Crippen molar-refractivity contribution in [3.05, 3.63) is 35.4 Å². The average molecular weight is 366 g/mol. The standard InChI is InChI=1S/C18H21F3N4O/c1-11-8-16(22-13-4-3-7-25(2)10-13)23-24-17(11)14-6-5-12(9-15(14)26)18(19,20)21/h5-6,8-9,13,26H,3-4,7,10H2,1-2H3,(H,22,23). The third kappa shape index (κ3) is 4.07. The zero-order valence-electron chi connectivity index (χ0n) is 14.6. The number of hydrogen-bond acceptors (Lipinski definition) is 5. The van der Waals surface area contributed by atoms with E-state index in [2.05, 4.69) is 27.5 Å². The Morgan fingerprint density at radius 1 is 1.23 bits per heavy atom. The normalized spacial score (nSPS) is 18.7. The maximum absolute atomic E-state index is 12.7. The zero-order chi connectivity index (χ0) is 18.9. The van der Waals surface area contributed by atoms with Gasteiger partial charge in [0.1, 0.15) is 11.6 Å². The van der Waals surface area contributed by atoms with Crippen LogP contribution in [0.25, 0.3) is 11.3 Å². The Labute approximate surface area is 149 Å². The van der Waals surface area contributed by atoms with Crippen molar-refractivity contribution in [2.24, 2.45) is 0 Å². The van der Waals surface area contributed by atoms with Crippen LogP contribution < -0.4 is 5.32 Å². The smallest absolute Gasteiger partial charge is 0.416 e. The summed E-state index contributed by atoms with van der Waals surface area (Å²) in [5, 5.41) is 21.6. The molecule has 3 rings (SSSR count). The van der Waals surface area contributed by atoms with Gasteiger partial charge in [-0.2, -0.15) is 13.2 Å². The second-order valence-corrected chi connectivity index (χ2v) is 6.74. The Hall–Kier alpha value is -2.35. The number of alkyl halides is 3. The molecule has 1 aromatic carbocycles. The largest absolute Gasteiger partial charge is 0.507 e. The van der Waals surface area contributed by atoms with Crippen LogP contribution in [-0.2, 0) is 6.18 Å². The van der Waals surface area contributed by atoms with Gasteiger partial charge in [-0.25, -0.2) is 0 Å². The molecule has 2 heterocycles. The number of phenols is 1. The van der Waals surface area contributed by atoms with E-state index >= 15 is 0 Å². The highest BCUT2D eigenvalue weighted by Crippen LogP contribution is 2.36. The molecule has 1 saturated heterocycles. The fourth-order valence-electron chi connectivity index (χ4n) is 3.22. The van der Waals surface area contributed by atoms with Crippen LogP contribution in [0.5, 0.6) is 5.75 Å². The predicted molar refractivity (Wildman–Crippen MR) is 93.0 cm³/mol. The van der Waals surface area contributed by atoms with Crippen LogP contribution in [-0.4, -0.2) is 46.4 Å². The molecule has 0 bridgehead atoms. The summed E-state index contributed by atoms with van der Waals surface area (Å²) in [5.74, 6) is 0.157. The molecule has 1 atom stereocenters. The van der Waals surface area contributed by atoms with Crippen molar-refractivity contribution >= 4 is 5.82 Å². The van der Waals surface area contributed by atoms with Gasteiger partial charge < -0.3 is 15.3 Å². The van der Waals surface area contributed by atoms with E-state index in [4.69, 9.17) is 0 Å². The molecule has 1 unspecified atom stereocenters. The maximum atomic E-state index is 12.7. The summed E-state index contributed by atoms with van der Waals surface area (Å²) in [6, 6.07) is 4.94. The number of hydrogen-bond donors (Lipinski definition) is 2. The molecular formula is C18H21F3N4O. The molecule has 140 valence electrons. The van der Waals surface area contributed by atoms with E-state index in [0.29, 0.717) is 17.6 Å². The number of aromatic hydroxyl groups is 1. The summed E-state index contributed by atoms with van der Waals surface area (Å²) in [4.78, 5) is 2.25. The minimum absolute atomic E-state index is 0.229. The van der Waals surface area contributed by atoms with Gasteiger partial charge >= 0.3 is 6.18 Å². The zero-order valence-corrected chi connectivity index (χ0v) is 14.6. The fourth-order valence-corrected chi connectivity index (χ4v) is 3.22. The second kappa shape index (κ2) is 7.11. The van der Waals surface area contributed by atoms with Gasteiger partial charge in [0.15, 0.2) is 0 Å². The number of benzene rings is 1. The van der Waals surface area contributed by atoms with Crippen molar-refractivity contribution in [2.75, 3.05) is 25.5 Å². The number of likely N-dealkylation sites (N-methyl/N-ethyl adjacent to an activating group) is 1. The fraction of sp³-hybridized carbons (Fsp3) is 0.444. The first-order valence-electron chi connectivity index (χ1n) is 8.44. The van der Waals surface area contributed by atoms with E-state index in [1.807, 2.05) is 0 Å². The lowest BCUT2D eigenvalue weighted by Crippen LogP contribution is -2.39. The molecule has 0 radical (unpaired) electrons. The van der Waals surface area contributed by atoms with Gasteiger partial charge in [-0.15, -0.1) is 10.2 Å². The molecule has 5 nitrogen and oxygen atoms in total. The first-order valence-corrected chi connectivity index (χ1v) is 8.44. The summed E-state index contributed by atoms with van der Waals surface area (Å²) in [6.45, 7) is 3.79. The van der Waals surface area contributed by atoms with Gasteiger partial charge in [-0.1, -0.05) is 0 Å². The van der Waals surface area contributed by atoms with E-state index in [-0.39, 0.29) is 11.6 Å². The van der Waals surface area contributed by atoms with Gasteiger partial charge in [-0.3, -0.25) is 0 Å². The van der Waals surface area contributed by atoms with Crippen LogP contribution in [0.2, 0.25) is 0 Å². The average Bonchev–Trinajstić information content (AvgIpc) is 2.55. The van der Waals surface area contributed by atoms with Crippen LogP contribution in [0.1, 0.15) is 24.0 Å². The summed E-state index contributed by atoms with van der Waals surface area (Å²) in [6.07, 6.45) is -2.34. The van der Waals surface area contributed by atoms with Gasteiger partial charge in [0.25, 0.3) is 0 Å². The van der Waals surface area contributed by atoms with Crippen molar-refractivity contribution in [3.8, 4) is 17.0 Å². The number of halogens is 3. The molecule has 0 spiro atoms. The third-order valence-corrected chi connectivity index (χ3v) is 4.54. The van der Waals surface area contributed by atoms with Gasteiger partial charge in [0.05, 0.1) is 11.3 Å². The SMILES string of the molecule is Cc1cc(NC2CCCN(C)C2)nnc1-c1ccc(C(F)(F)F)cc1O. The van der Waals surface area contributed by atoms with Gasteiger partial charge in [-0.05, 0) is 63.2 Å². The Balaban J connectivity index is 1.81. The number of rotatable bonds is 3. The highest BCUT2D eigenvalue weighted by molar-refractivity contribution is 5.70. The van der Waals surface area contributed by atoms with Crippen LogP contribution in [0.4, 0.5) is 19.0 Å². The molecule has 2 N–H and O–H groups in total. The number of aromatic nitrogens is 2. The molecule has 26 heavy (non-hydrogen) atoms. The lowest BCUT2D eigenvalue weighted by atomic mass is 10.0. The monoisotopic (exact) mass is 366 g/mol. The Bertz CT molecular complexity index is 794. The van der Waals surface area contributed by atoms with Crippen molar-refractivity contribution in [2.45, 2.75) is 32.0 Å². The van der Waals surface area contributed by atoms with Crippen molar-refractivity contribution in [3.63, 3.8) is 0 Å². The molecular weight excluding hydrogens is 345 g/mol. The highest BCUT2D eigenvalue weighted by Gasteiger charge is 2.31. The van der Waals surface area contributed by atoms with Crippen molar-refractivity contribution in [1.29, 1.82) is 0 Å². The molecule has 0 amide bonds. The topological polar surface area (TPSA) is 61.3 Å². The molecule has 1 aliphatic heterocycles. The van der Waals surface area contributed by atoms with Crippen molar-refractivity contribution < 1.29 is 18.3 Å². The van der Waals surface area contributed by atoms with Crippen LogP contribution in [0.3, 0.4) is 0 Å². The molecule has 1 aliphatic rings. The van der Waals surface area contributed by atoms with E-state index in [9.17, 15) is 18.3 Å². The van der Waals surface area contributed by atoms with Crippen molar-refractivity contribution in [1.82, 2.24) is 15.1 Å². The lowest BCUT2D eigenvalue weighted by Gasteiger charge is -2.30. The highest BCUT2D eigenvalue weighted by atomic mass is 19.4. The molecule has 8 heteroatoms. The summed E-state index contributed by atoms with van der Waals surface area (Å²) < 4.78 is 38.2. The first-order chi connectivity index (χ1) is 12.2. The molecule has 1 fully saturated rings. The number of aryl methyl sites for hydroxylation is 1. The quantitative estimate of drug-likeness (QED) is 0.868. The second-order valence-electron chi connectivity index (χ2n) is 6.74. The number of nitrogens with one attached hydrogen (secondary N) is 1. The van der Waals surface area contributed by atoms with E-state index < -0.39 is 17.5 Å². The summed E-state index contributed by atoms with van der Waals surface area (Å²) in [7, 11) is 2.07. The number of anilines is 1. The Morgan fingerprint density at radius 3 is 2.62 bits per heavy atom. The first kappa shape index (κ1) is 18.4. The lowest BCUT2D eigenvalue weighted by molar-refractivity contribution is -0.137. The summed E-state index contributed by atoms with van der Waals surface area (Å²) in [5.41, 5.74) is 0.417. The molecule has 0 aliphatic carbocycles. The number of likely N-dealkylation sites (tertiary alicyclic amines) is 1. The molecule has 1 aromatic heterocycles.